The second kappa shape index (κ2) is 5.87. The summed E-state index contributed by atoms with van der Waals surface area (Å²) in [7, 11) is 0. The van der Waals surface area contributed by atoms with E-state index in [1.165, 1.54) is 12.1 Å². The molecular formula is C13H9IN2O4. The van der Waals surface area contributed by atoms with Crippen molar-refractivity contribution in [1.29, 1.82) is 0 Å². The molecule has 0 aliphatic rings. The summed E-state index contributed by atoms with van der Waals surface area (Å²) in [5.41, 5.74) is 0.317. The van der Waals surface area contributed by atoms with E-state index in [1.54, 1.807) is 24.3 Å². The highest BCUT2D eigenvalue weighted by Gasteiger charge is 2.13. The maximum absolute atomic E-state index is 11.9. The molecule has 20 heavy (non-hydrogen) atoms. The number of hydrogen-bond acceptors (Lipinski definition) is 4. The summed E-state index contributed by atoms with van der Waals surface area (Å²) in [6.07, 6.45) is 0. The summed E-state index contributed by atoms with van der Waals surface area (Å²) in [5.74, 6) is -0.747. The summed E-state index contributed by atoms with van der Waals surface area (Å²) in [4.78, 5) is 21.9. The van der Waals surface area contributed by atoms with Gasteiger partial charge >= 0.3 is 0 Å². The molecule has 0 radical (unpaired) electrons. The number of halogens is 1. The van der Waals surface area contributed by atoms with Gasteiger partial charge in [-0.25, -0.2) is 0 Å². The van der Waals surface area contributed by atoms with Crippen molar-refractivity contribution in [3.05, 3.63) is 61.7 Å². The van der Waals surface area contributed by atoms with Crippen LogP contribution in [0.4, 0.5) is 11.4 Å². The number of nitro benzene ring substituents is 1. The number of nitro groups is 1. The lowest BCUT2D eigenvalue weighted by Crippen LogP contribution is -2.11. The van der Waals surface area contributed by atoms with E-state index in [-0.39, 0.29) is 17.1 Å². The van der Waals surface area contributed by atoms with Gasteiger partial charge in [-0.2, -0.15) is 0 Å². The molecule has 0 aliphatic carbocycles. The summed E-state index contributed by atoms with van der Waals surface area (Å²) in [6.45, 7) is 0. The fourth-order valence-corrected chi connectivity index (χ4v) is 1.89. The van der Waals surface area contributed by atoms with Gasteiger partial charge in [0.2, 0.25) is 0 Å². The highest BCUT2D eigenvalue weighted by atomic mass is 127. The summed E-state index contributed by atoms with van der Waals surface area (Å²) in [6, 6.07) is 10.4. The molecule has 2 rings (SSSR count). The number of amides is 1. The maximum atomic E-state index is 11.9. The van der Waals surface area contributed by atoms with Crippen molar-refractivity contribution in [1.82, 2.24) is 0 Å². The summed E-state index contributed by atoms with van der Waals surface area (Å²) in [5, 5.41) is 22.7. The van der Waals surface area contributed by atoms with Gasteiger partial charge in [-0.15, -0.1) is 0 Å². The lowest BCUT2D eigenvalue weighted by molar-refractivity contribution is -0.384. The zero-order valence-corrected chi connectivity index (χ0v) is 12.2. The van der Waals surface area contributed by atoms with Gasteiger partial charge in [0.1, 0.15) is 5.75 Å². The second-order valence-electron chi connectivity index (χ2n) is 3.92. The lowest BCUT2D eigenvalue weighted by Gasteiger charge is -2.07. The molecule has 0 saturated heterocycles. The van der Waals surface area contributed by atoms with Crippen molar-refractivity contribution in [2.45, 2.75) is 0 Å². The van der Waals surface area contributed by atoms with Crippen LogP contribution in [0.2, 0.25) is 0 Å². The van der Waals surface area contributed by atoms with Gasteiger partial charge in [-0.05, 0) is 52.9 Å². The highest BCUT2D eigenvalue weighted by molar-refractivity contribution is 14.1. The standard InChI is InChI=1S/C13H9IN2O4/c14-9-3-1-8(2-4-9)13(18)15-11-6-5-10(16(19)20)7-12(11)17/h1-7,17H,(H,15,18). The predicted octanol–water partition coefficient (Wildman–Crippen LogP) is 3.16. The number of nitrogens with zero attached hydrogens (tertiary/aromatic N) is 1. The largest absolute Gasteiger partial charge is 0.506 e. The number of benzene rings is 2. The average Bonchev–Trinajstić information content (AvgIpc) is 2.41. The summed E-state index contributed by atoms with van der Waals surface area (Å²) >= 11 is 2.12. The number of carbonyl (C=O) groups excluding carboxylic acids is 1. The second-order valence-corrected chi connectivity index (χ2v) is 5.17. The summed E-state index contributed by atoms with van der Waals surface area (Å²) < 4.78 is 0.998. The molecule has 0 aliphatic heterocycles. The predicted molar refractivity (Wildman–Crippen MR) is 81.9 cm³/mol. The molecule has 6 nitrogen and oxygen atoms in total. The number of phenolic OH excluding ortho intramolecular Hbond substituents is 1. The van der Waals surface area contributed by atoms with E-state index < -0.39 is 10.8 Å². The van der Waals surface area contributed by atoms with Crippen molar-refractivity contribution in [3.63, 3.8) is 0 Å². The van der Waals surface area contributed by atoms with E-state index in [4.69, 9.17) is 0 Å². The smallest absolute Gasteiger partial charge is 0.273 e. The Morgan fingerprint density at radius 1 is 1.20 bits per heavy atom. The molecule has 0 aromatic heterocycles. The monoisotopic (exact) mass is 384 g/mol. The Hall–Kier alpha value is -2.16. The maximum Gasteiger partial charge on any atom is 0.273 e. The van der Waals surface area contributed by atoms with E-state index in [1.807, 2.05) is 0 Å². The van der Waals surface area contributed by atoms with Gasteiger partial charge < -0.3 is 10.4 Å². The fourth-order valence-electron chi connectivity index (χ4n) is 1.54. The van der Waals surface area contributed by atoms with E-state index in [0.717, 1.165) is 9.64 Å². The number of anilines is 1. The van der Waals surface area contributed by atoms with Gasteiger partial charge in [0.25, 0.3) is 11.6 Å². The molecule has 0 atom stereocenters. The first kappa shape index (κ1) is 14.3. The molecule has 102 valence electrons. The van der Waals surface area contributed by atoms with Crippen molar-refractivity contribution in [2.24, 2.45) is 0 Å². The van der Waals surface area contributed by atoms with Crippen LogP contribution < -0.4 is 5.32 Å². The Kier molecular flexibility index (Phi) is 4.18. The zero-order valence-electron chi connectivity index (χ0n) is 10.0. The Morgan fingerprint density at radius 2 is 1.85 bits per heavy atom. The first-order chi connectivity index (χ1) is 9.47. The van der Waals surface area contributed by atoms with Gasteiger partial charge in [-0.3, -0.25) is 14.9 Å². The van der Waals surface area contributed by atoms with Gasteiger partial charge in [0.05, 0.1) is 16.7 Å². The molecular weight excluding hydrogens is 375 g/mol. The number of aromatic hydroxyl groups is 1. The van der Waals surface area contributed by atoms with Crippen molar-refractivity contribution in [2.75, 3.05) is 5.32 Å². The van der Waals surface area contributed by atoms with Crippen LogP contribution in [0.5, 0.6) is 5.75 Å². The Labute approximate surface area is 127 Å². The zero-order chi connectivity index (χ0) is 14.7. The van der Waals surface area contributed by atoms with Crippen LogP contribution in [0, 0.1) is 13.7 Å². The first-order valence-electron chi connectivity index (χ1n) is 5.51. The number of rotatable bonds is 3. The molecule has 0 fully saturated rings. The minimum absolute atomic E-state index is 0.124. The van der Waals surface area contributed by atoms with E-state index in [9.17, 15) is 20.0 Å². The number of carbonyl (C=O) groups is 1. The van der Waals surface area contributed by atoms with E-state index in [0.29, 0.717) is 5.56 Å². The molecule has 1 amide bonds. The van der Waals surface area contributed by atoms with Crippen LogP contribution in [-0.4, -0.2) is 15.9 Å². The van der Waals surface area contributed by atoms with Crippen molar-refractivity contribution < 1.29 is 14.8 Å². The minimum Gasteiger partial charge on any atom is -0.506 e. The van der Waals surface area contributed by atoms with E-state index in [2.05, 4.69) is 27.9 Å². The van der Waals surface area contributed by atoms with Crippen molar-refractivity contribution in [3.8, 4) is 5.75 Å². The van der Waals surface area contributed by atoms with Crippen LogP contribution >= 0.6 is 22.6 Å². The minimum atomic E-state index is -0.621. The average molecular weight is 384 g/mol. The number of non-ortho nitro benzene ring substituents is 1. The molecule has 0 bridgehead atoms. The lowest BCUT2D eigenvalue weighted by atomic mass is 10.2. The molecule has 0 unspecified atom stereocenters. The molecule has 2 aromatic carbocycles. The number of hydrogen-bond donors (Lipinski definition) is 2. The number of phenols is 1. The third-order valence-electron chi connectivity index (χ3n) is 2.55. The molecule has 0 saturated carbocycles. The normalized spacial score (nSPS) is 10.1. The Balaban J connectivity index is 2.19. The molecule has 7 heteroatoms. The van der Waals surface area contributed by atoms with Crippen LogP contribution in [0.15, 0.2) is 42.5 Å². The molecule has 0 heterocycles. The number of nitrogens with one attached hydrogen (secondary N) is 1. The third-order valence-corrected chi connectivity index (χ3v) is 3.27. The van der Waals surface area contributed by atoms with Gasteiger partial charge in [0.15, 0.2) is 0 Å². The van der Waals surface area contributed by atoms with Gasteiger partial charge in [0, 0.05) is 15.2 Å². The van der Waals surface area contributed by atoms with E-state index >= 15 is 0 Å². The van der Waals surface area contributed by atoms with Crippen molar-refractivity contribution >= 4 is 39.9 Å². The topological polar surface area (TPSA) is 92.5 Å². The van der Waals surface area contributed by atoms with Crippen LogP contribution in [-0.2, 0) is 0 Å². The quantitative estimate of drug-likeness (QED) is 0.368. The van der Waals surface area contributed by atoms with Crippen LogP contribution in [0.25, 0.3) is 0 Å². The molecule has 2 N–H and O–H groups in total. The van der Waals surface area contributed by atoms with Crippen LogP contribution in [0.1, 0.15) is 10.4 Å². The molecule has 0 spiro atoms. The fraction of sp³-hybridized carbons (Fsp3) is 0. The third kappa shape index (κ3) is 3.23. The Bertz CT molecular complexity index is 671. The molecule has 2 aromatic rings. The Morgan fingerprint density at radius 3 is 2.40 bits per heavy atom. The first-order valence-corrected chi connectivity index (χ1v) is 6.59. The highest BCUT2D eigenvalue weighted by Crippen LogP contribution is 2.28. The SMILES string of the molecule is O=C(Nc1ccc([N+](=O)[O-])cc1O)c1ccc(I)cc1. The van der Waals surface area contributed by atoms with Gasteiger partial charge in [-0.1, -0.05) is 0 Å². The van der Waals surface area contributed by atoms with Crippen LogP contribution in [0.3, 0.4) is 0 Å².